The first-order valence-corrected chi connectivity index (χ1v) is 8.71. The van der Waals surface area contributed by atoms with Gasteiger partial charge in [-0.05, 0) is 22.8 Å². The van der Waals surface area contributed by atoms with E-state index in [0.29, 0.717) is 0 Å². The van der Waals surface area contributed by atoms with Gasteiger partial charge in [-0.2, -0.15) is 0 Å². The van der Waals surface area contributed by atoms with E-state index >= 15 is 0 Å². The lowest BCUT2D eigenvalue weighted by atomic mass is 9.89. The number of carbonyl (C=O) groups excluding carboxylic acids is 1. The van der Waals surface area contributed by atoms with Crippen LogP contribution in [0.2, 0.25) is 0 Å². The maximum absolute atomic E-state index is 12.3. The van der Waals surface area contributed by atoms with Crippen LogP contribution in [0.3, 0.4) is 0 Å². The van der Waals surface area contributed by atoms with Crippen LogP contribution in [0.1, 0.15) is 17.0 Å². The van der Waals surface area contributed by atoms with Crippen molar-refractivity contribution >= 4 is 16.8 Å². The second kappa shape index (κ2) is 7.40. The van der Waals surface area contributed by atoms with Crippen LogP contribution in [0, 0.1) is 0 Å². The zero-order chi connectivity index (χ0) is 18.6. The number of nitrogens with one attached hydrogen (secondary N) is 1. The molecule has 1 amide bonds. The summed E-state index contributed by atoms with van der Waals surface area (Å²) in [6.07, 6.45) is 1.79. The van der Waals surface area contributed by atoms with Gasteiger partial charge >= 0.3 is 0 Å². The number of rotatable bonds is 4. The van der Waals surface area contributed by atoms with E-state index in [1.165, 1.54) is 0 Å². The summed E-state index contributed by atoms with van der Waals surface area (Å²) in [5, 5.41) is 10.3. The van der Waals surface area contributed by atoms with Crippen LogP contribution in [0.15, 0.2) is 91.1 Å². The maximum Gasteiger partial charge on any atom is 0.255 e. The average molecular weight is 354 g/mol. The number of fused-ring (bicyclic) bond motifs is 1. The van der Waals surface area contributed by atoms with Crippen LogP contribution in [0.25, 0.3) is 22.0 Å². The van der Waals surface area contributed by atoms with Crippen molar-refractivity contribution in [1.82, 2.24) is 10.5 Å². The first kappa shape index (κ1) is 16.9. The molecular weight excluding hydrogens is 336 g/mol. The molecule has 27 heavy (non-hydrogen) atoms. The number of pyridine rings is 1. The van der Waals surface area contributed by atoms with Gasteiger partial charge in [0, 0.05) is 17.1 Å². The van der Waals surface area contributed by atoms with Crippen LogP contribution in [0.5, 0.6) is 0 Å². The molecule has 1 unspecified atom stereocenters. The largest absolute Gasteiger partial charge is 0.289 e. The van der Waals surface area contributed by atoms with E-state index in [1.54, 1.807) is 11.7 Å². The third-order valence-corrected chi connectivity index (χ3v) is 4.69. The predicted octanol–water partition coefficient (Wildman–Crippen LogP) is 4.54. The third-order valence-electron chi connectivity index (χ3n) is 4.69. The number of para-hydroxylation sites is 1. The van der Waals surface area contributed by atoms with Crippen LogP contribution in [0.4, 0.5) is 0 Å². The Morgan fingerprint density at radius 2 is 1.52 bits per heavy atom. The Morgan fingerprint density at radius 3 is 2.26 bits per heavy atom. The third kappa shape index (κ3) is 3.30. The molecule has 1 atom stereocenters. The van der Waals surface area contributed by atoms with Crippen molar-refractivity contribution in [2.45, 2.75) is 5.92 Å². The normalized spacial score (nSPS) is 11.9. The van der Waals surface area contributed by atoms with Crippen molar-refractivity contribution in [1.29, 1.82) is 0 Å². The van der Waals surface area contributed by atoms with Crippen LogP contribution < -0.4 is 5.48 Å². The lowest BCUT2D eigenvalue weighted by molar-refractivity contribution is -0.129. The van der Waals surface area contributed by atoms with E-state index in [9.17, 15) is 10.0 Å². The molecule has 0 saturated heterocycles. The summed E-state index contributed by atoms with van der Waals surface area (Å²) in [7, 11) is 0. The van der Waals surface area contributed by atoms with Crippen molar-refractivity contribution in [3.05, 3.63) is 102 Å². The van der Waals surface area contributed by atoms with Crippen LogP contribution in [-0.4, -0.2) is 16.1 Å². The zero-order valence-electron chi connectivity index (χ0n) is 14.5. The van der Waals surface area contributed by atoms with Gasteiger partial charge in [0.2, 0.25) is 0 Å². The lowest BCUT2D eigenvalue weighted by Gasteiger charge is -2.16. The van der Waals surface area contributed by atoms with Gasteiger partial charge in [0.1, 0.15) is 0 Å². The van der Waals surface area contributed by atoms with Crippen molar-refractivity contribution in [3.63, 3.8) is 0 Å². The van der Waals surface area contributed by atoms with Gasteiger partial charge in [-0.3, -0.25) is 15.0 Å². The van der Waals surface area contributed by atoms with Crippen molar-refractivity contribution in [2.24, 2.45) is 0 Å². The van der Waals surface area contributed by atoms with E-state index in [4.69, 9.17) is 0 Å². The molecule has 1 aromatic heterocycles. The molecule has 0 saturated carbocycles. The first-order chi connectivity index (χ1) is 13.3. The summed E-state index contributed by atoms with van der Waals surface area (Å²) < 4.78 is 0. The number of aromatic nitrogens is 1. The van der Waals surface area contributed by atoms with Gasteiger partial charge in [0.15, 0.2) is 0 Å². The summed E-state index contributed by atoms with van der Waals surface area (Å²) in [5.41, 5.74) is 6.43. The SMILES string of the molecule is O=C(NO)C(c1ccccc1)c1ccc(-c2cccc3cccnc23)cc1. The number of hydrogen-bond acceptors (Lipinski definition) is 3. The molecule has 0 radical (unpaired) electrons. The number of hydroxylamine groups is 1. The highest BCUT2D eigenvalue weighted by Gasteiger charge is 2.22. The van der Waals surface area contributed by atoms with Gasteiger partial charge in [0.05, 0.1) is 11.4 Å². The van der Waals surface area contributed by atoms with E-state index in [1.807, 2.05) is 84.9 Å². The lowest BCUT2D eigenvalue weighted by Crippen LogP contribution is -2.27. The molecule has 1 heterocycles. The molecule has 0 aliphatic rings. The number of nitrogens with zero attached hydrogens (tertiary/aromatic N) is 1. The Kier molecular flexibility index (Phi) is 4.64. The monoisotopic (exact) mass is 354 g/mol. The molecule has 0 aliphatic heterocycles. The molecule has 4 aromatic rings. The minimum absolute atomic E-state index is 0.458. The highest BCUT2D eigenvalue weighted by Crippen LogP contribution is 2.30. The smallest absolute Gasteiger partial charge is 0.255 e. The standard InChI is InChI=1S/C23H18N2O2/c26-23(25-27)21(17-6-2-1-3-7-17)18-13-11-16(12-14-18)20-10-4-8-19-9-5-15-24-22(19)20/h1-15,21,27H,(H,25,26). The molecule has 0 bridgehead atoms. The number of benzene rings is 3. The number of carbonyl (C=O) groups is 1. The molecule has 2 N–H and O–H groups in total. The maximum atomic E-state index is 12.3. The van der Waals surface area contributed by atoms with Crippen molar-refractivity contribution < 1.29 is 10.0 Å². The second-order valence-corrected chi connectivity index (χ2v) is 6.32. The number of amides is 1. The van der Waals surface area contributed by atoms with Gasteiger partial charge < -0.3 is 0 Å². The highest BCUT2D eigenvalue weighted by atomic mass is 16.5. The zero-order valence-corrected chi connectivity index (χ0v) is 14.5. The van der Waals surface area contributed by atoms with Crippen molar-refractivity contribution in [3.8, 4) is 11.1 Å². The summed E-state index contributed by atoms with van der Waals surface area (Å²) in [4.78, 5) is 16.8. The average Bonchev–Trinajstić information content (AvgIpc) is 2.75. The summed E-state index contributed by atoms with van der Waals surface area (Å²) in [5.74, 6) is -1.03. The number of hydrogen-bond donors (Lipinski definition) is 2. The molecule has 0 aliphatic carbocycles. The van der Waals surface area contributed by atoms with E-state index in [0.717, 1.165) is 33.2 Å². The summed E-state index contributed by atoms with van der Waals surface area (Å²) in [6.45, 7) is 0. The highest BCUT2D eigenvalue weighted by molar-refractivity contribution is 5.93. The molecular formula is C23H18N2O2. The van der Waals surface area contributed by atoms with Crippen molar-refractivity contribution in [2.75, 3.05) is 0 Å². The Morgan fingerprint density at radius 1 is 0.815 bits per heavy atom. The summed E-state index contributed by atoms with van der Waals surface area (Å²) >= 11 is 0. The second-order valence-electron chi connectivity index (χ2n) is 6.32. The molecule has 0 spiro atoms. The van der Waals surface area contributed by atoms with E-state index < -0.39 is 11.8 Å². The molecule has 4 heteroatoms. The van der Waals surface area contributed by atoms with E-state index in [-0.39, 0.29) is 0 Å². The molecule has 4 nitrogen and oxygen atoms in total. The fourth-order valence-corrected chi connectivity index (χ4v) is 3.40. The van der Waals surface area contributed by atoms with Gasteiger partial charge in [-0.1, -0.05) is 78.9 Å². The molecule has 3 aromatic carbocycles. The van der Waals surface area contributed by atoms with Gasteiger partial charge in [-0.15, -0.1) is 0 Å². The van der Waals surface area contributed by atoms with Gasteiger partial charge in [-0.25, -0.2) is 5.48 Å². The minimum atomic E-state index is -0.573. The minimum Gasteiger partial charge on any atom is -0.289 e. The molecule has 4 rings (SSSR count). The van der Waals surface area contributed by atoms with Crippen LogP contribution >= 0.6 is 0 Å². The topological polar surface area (TPSA) is 62.2 Å². The fourth-order valence-electron chi connectivity index (χ4n) is 3.40. The predicted molar refractivity (Wildman–Crippen MR) is 105 cm³/mol. The van der Waals surface area contributed by atoms with Crippen LogP contribution in [-0.2, 0) is 4.79 Å². The fraction of sp³-hybridized carbons (Fsp3) is 0.0435. The quantitative estimate of drug-likeness (QED) is 0.418. The summed E-state index contributed by atoms with van der Waals surface area (Å²) in [6, 6.07) is 27.3. The Balaban J connectivity index is 1.75. The molecule has 0 fully saturated rings. The van der Waals surface area contributed by atoms with Gasteiger partial charge in [0.25, 0.3) is 5.91 Å². The Labute approximate surface area is 157 Å². The first-order valence-electron chi connectivity index (χ1n) is 8.71. The van der Waals surface area contributed by atoms with E-state index in [2.05, 4.69) is 4.98 Å². The Hall–Kier alpha value is -3.50. The molecule has 132 valence electrons. The Bertz CT molecular complexity index is 1070.